The van der Waals surface area contributed by atoms with E-state index in [1.54, 1.807) is 0 Å². The molecular formula is C10H10F3N3O2. The van der Waals surface area contributed by atoms with Gasteiger partial charge in [-0.1, -0.05) is 0 Å². The smallest absolute Gasteiger partial charge is 0.379 e. The fraction of sp³-hybridized carbons (Fsp3) is 0.500. The molecule has 0 saturated heterocycles. The Balaban J connectivity index is 2.27. The number of rotatable bonds is 4. The highest BCUT2D eigenvalue weighted by molar-refractivity contribution is 5.61. The number of hydrogen-bond acceptors (Lipinski definition) is 4. The van der Waals surface area contributed by atoms with Crippen molar-refractivity contribution in [3.05, 3.63) is 28.1 Å². The third-order valence-corrected chi connectivity index (χ3v) is 2.65. The van der Waals surface area contributed by atoms with Crippen molar-refractivity contribution in [2.45, 2.75) is 19.0 Å². The predicted molar refractivity (Wildman–Crippen MR) is 57.1 cm³/mol. The standard InChI is InChI=1S/C10H10F3N3O2/c11-10(12,13)9-3-7(14-4-6-1-2-6)8(5-15-9)16(17)18/h3,5-6H,1-2,4H2,(H,14,15). The Morgan fingerprint density at radius 3 is 2.67 bits per heavy atom. The van der Waals surface area contributed by atoms with Crippen LogP contribution in [0.2, 0.25) is 0 Å². The summed E-state index contributed by atoms with van der Waals surface area (Å²) in [6.07, 6.45) is -1.97. The molecule has 0 bridgehead atoms. The highest BCUT2D eigenvalue weighted by atomic mass is 19.4. The van der Waals surface area contributed by atoms with E-state index in [-0.39, 0.29) is 5.69 Å². The lowest BCUT2D eigenvalue weighted by Crippen LogP contribution is -2.11. The lowest BCUT2D eigenvalue weighted by molar-refractivity contribution is -0.384. The Bertz CT molecular complexity index is 472. The van der Waals surface area contributed by atoms with Crippen LogP contribution in [-0.4, -0.2) is 16.5 Å². The van der Waals surface area contributed by atoms with Crippen molar-refractivity contribution in [2.24, 2.45) is 5.92 Å². The highest BCUT2D eigenvalue weighted by Gasteiger charge is 2.34. The second-order valence-corrected chi connectivity index (χ2v) is 4.17. The van der Waals surface area contributed by atoms with Crippen molar-refractivity contribution in [1.29, 1.82) is 0 Å². The number of aromatic nitrogens is 1. The summed E-state index contributed by atoms with van der Waals surface area (Å²) in [6.45, 7) is 0.447. The summed E-state index contributed by atoms with van der Waals surface area (Å²) in [5, 5.41) is 13.4. The third-order valence-electron chi connectivity index (χ3n) is 2.65. The topological polar surface area (TPSA) is 68.1 Å². The van der Waals surface area contributed by atoms with Gasteiger partial charge >= 0.3 is 11.9 Å². The number of pyridine rings is 1. The van der Waals surface area contributed by atoms with Crippen LogP contribution < -0.4 is 5.32 Å². The molecule has 98 valence electrons. The third kappa shape index (κ3) is 2.88. The van der Waals surface area contributed by atoms with Gasteiger partial charge in [0.05, 0.1) is 4.92 Å². The molecule has 0 aromatic carbocycles. The zero-order chi connectivity index (χ0) is 13.3. The first-order chi connectivity index (χ1) is 8.38. The summed E-state index contributed by atoms with van der Waals surface area (Å²) >= 11 is 0. The fourth-order valence-electron chi connectivity index (χ4n) is 1.47. The van der Waals surface area contributed by atoms with Crippen molar-refractivity contribution < 1.29 is 18.1 Å². The minimum absolute atomic E-state index is 0.130. The average molecular weight is 261 g/mol. The van der Waals surface area contributed by atoms with Crippen LogP contribution in [0, 0.1) is 16.0 Å². The van der Waals surface area contributed by atoms with Crippen LogP contribution >= 0.6 is 0 Å². The quantitative estimate of drug-likeness (QED) is 0.668. The largest absolute Gasteiger partial charge is 0.433 e. The van der Waals surface area contributed by atoms with Crippen LogP contribution in [0.1, 0.15) is 18.5 Å². The average Bonchev–Trinajstić information content (AvgIpc) is 3.08. The molecule has 1 heterocycles. The molecule has 1 fully saturated rings. The van der Waals surface area contributed by atoms with E-state index in [4.69, 9.17) is 0 Å². The van der Waals surface area contributed by atoms with Crippen LogP contribution in [0.3, 0.4) is 0 Å². The number of hydrogen-bond donors (Lipinski definition) is 1. The van der Waals surface area contributed by atoms with Gasteiger partial charge in [-0.15, -0.1) is 0 Å². The van der Waals surface area contributed by atoms with E-state index >= 15 is 0 Å². The normalized spacial score (nSPS) is 15.5. The lowest BCUT2D eigenvalue weighted by Gasteiger charge is -2.09. The molecule has 8 heteroatoms. The van der Waals surface area contributed by atoms with Gasteiger partial charge in [-0.3, -0.25) is 10.1 Å². The number of halogens is 3. The molecule has 1 N–H and O–H groups in total. The summed E-state index contributed by atoms with van der Waals surface area (Å²) in [4.78, 5) is 13.0. The first kappa shape index (κ1) is 12.6. The van der Waals surface area contributed by atoms with Gasteiger partial charge in [0, 0.05) is 6.54 Å². The molecule has 1 aromatic heterocycles. The maximum atomic E-state index is 12.5. The van der Waals surface area contributed by atoms with Gasteiger partial charge in [0.15, 0.2) is 0 Å². The van der Waals surface area contributed by atoms with Crippen molar-refractivity contribution in [2.75, 3.05) is 11.9 Å². The molecule has 0 atom stereocenters. The zero-order valence-electron chi connectivity index (χ0n) is 9.20. The number of nitrogens with one attached hydrogen (secondary N) is 1. The molecule has 18 heavy (non-hydrogen) atoms. The van der Waals surface area contributed by atoms with Gasteiger partial charge in [0.25, 0.3) is 0 Å². The van der Waals surface area contributed by atoms with Crippen LogP contribution in [0.25, 0.3) is 0 Å². The minimum Gasteiger partial charge on any atom is -0.379 e. The number of alkyl halides is 3. The summed E-state index contributed by atoms with van der Waals surface area (Å²) in [6, 6.07) is 0.681. The molecule has 1 aliphatic rings. The Morgan fingerprint density at radius 1 is 1.50 bits per heavy atom. The molecular weight excluding hydrogens is 251 g/mol. The fourth-order valence-corrected chi connectivity index (χ4v) is 1.47. The second-order valence-electron chi connectivity index (χ2n) is 4.17. The number of nitro groups is 1. The van der Waals surface area contributed by atoms with E-state index in [2.05, 4.69) is 10.3 Å². The van der Waals surface area contributed by atoms with Gasteiger partial charge in [-0.2, -0.15) is 13.2 Å². The van der Waals surface area contributed by atoms with Crippen molar-refractivity contribution in [1.82, 2.24) is 4.98 Å². The number of anilines is 1. The van der Waals surface area contributed by atoms with Crippen LogP contribution in [0.5, 0.6) is 0 Å². The molecule has 0 spiro atoms. The monoisotopic (exact) mass is 261 g/mol. The molecule has 1 aromatic rings. The second kappa shape index (κ2) is 4.43. The van der Waals surface area contributed by atoms with Crippen molar-refractivity contribution in [3.63, 3.8) is 0 Å². The van der Waals surface area contributed by atoms with Gasteiger partial charge < -0.3 is 5.32 Å². The SMILES string of the molecule is O=[N+]([O-])c1cnc(C(F)(F)F)cc1NCC1CC1. The van der Waals surface area contributed by atoms with Gasteiger partial charge in [0.1, 0.15) is 17.6 Å². The molecule has 1 aliphatic carbocycles. The van der Waals surface area contributed by atoms with Crippen LogP contribution in [-0.2, 0) is 6.18 Å². The molecule has 0 unspecified atom stereocenters. The van der Waals surface area contributed by atoms with E-state index in [1.165, 1.54) is 0 Å². The zero-order valence-corrected chi connectivity index (χ0v) is 9.20. The Hall–Kier alpha value is -1.86. The summed E-state index contributed by atoms with van der Waals surface area (Å²) in [7, 11) is 0. The van der Waals surface area contributed by atoms with Crippen molar-refractivity contribution >= 4 is 11.4 Å². The maximum Gasteiger partial charge on any atom is 0.433 e. The van der Waals surface area contributed by atoms with E-state index in [9.17, 15) is 23.3 Å². The van der Waals surface area contributed by atoms with E-state index < -0.39 is 22.5 Å². The van der Waals surface area contributed by atoms with Crippen molar-refractivity contribution in [3.8, 4) is 0 Å². The van der Waals surface area contributed by atoms with Crippen LogP contribution in [0.4, 0.5) is 24.5 Å². The predicted octanol–water partition coefficient (Wildman–Crippen LogP) is 2.83. The first-order valence-electron chi connectivity index (χ1n) is 5.33. The molecule has 5 nitrogen and oxygen atoms in total. The molecule has 0 amide bonds. The first-order valence-corrected chi connectivity index (χ1v) is 5.33. The highest BCUT2D eigenvalue weighted by Crippen LogP contribution is 2.34. The van der Waals surface area contributed by atoms with E-state index in [0.29, 0.717) is 24.7 Å². The summed E-state index contributed by atoms with van der Waals surface area (Å²) < 4.78 is 37.4. The molecule has 0 radical (unpaired) electrons. The molecule has 1 saturated carbocycles. The van der Waals surface area contributed by atoms with Gasteiger partial charge in [0.2, 0.25) is 0 Å². The molecule has 2 rings (SSSR count). The van der Waals surface area contributed by atoms with Gasteiger partial charge in [-0.25, -0.2) is 4.98 Å². The molecule has 0 aliphatic heterocycles. The summed E-state index contributed by atoms with van der Waals surface area (Å²) in [5.41, 5.74) is -1.70. The minimum atomic E-state index is -4.61. The van der Waals surface area contributed by atoms with Crippen LogP contribution in [0.15, 0.2) is 12.3 Å². The Labute approximate surface area is 100 Å². The van der Waals surface area contributed by atoms with E-state index in [1.807, 2.05) is 0 Å². The Morgan fingerprint density at radius 2 is 2.17 bits per heavy atom. The Kier molecular flexibility index (Phi) is 3.10. The van der Waals surface area contributed by atoms with E-state index in [0.717, 1.165) is 12.8 Å². The number of nitrogens with zero attached hydrogens (tertiary/aromatic N) is 2. The van der Waals surface area contributed by atoms with Gasteiger partial charge in [-0.05, 0) is 24.8 Å². The maximum absolute atomic E-state index is 12.5. The lowest BCUT2D eigenvalue weighted by atomic mass is 10.2. The summed E-state index contributed by atoms with van der Waals surface area (Å²) in [5.74, 6) is 0.395.